The van der Waals surface area contributed by atoms with Crippen LogP contribution in [0.2, 0.25) is 0 Å². The second-order valence-corrected chi connectivity index (χ2v) is 9.02. The quantitative estimate of drug-likeness (QED) is 0.711. The summed E-state index contributed by atoms with van der Waals surface area (Å²) in [7, 11) is -3.48. The lowest BCUT2D eigenvalue weighted by atomic mass is 10.2. The number of sulfonamides is 1. The number of carbonyl (C=O) groups is 1. The van der Waals surface area contributed by atoms with Gasteiger partial charge < -0.3 is 14.5 Å². The van der Waals surface area contributed by atoms with Crippen LogP contribution in [-0.2, 0) is 19.6 Å². The summed E-state index contributed by atoms with van der Waals surface area (Å²) >= 11 is 0. The molecule has 0 N–H and O–H groups in total. The number of hydrogen-bond donors (Lipinski definition) is 0. The van der Waals surface area contributed by atoms with Crippen LogP contribution in [0, 0.1) is 5.82 Å². The molecule has 2 aliphatic heterocycles. The average Bonchev–Trinajstić information content (AvgIpc) is 3.14. The monoisotopic (exact) mass is 399 g/mol. The second kappa shape index (κ2) is 8.53. The van der Waals surface area contributed by atoms with E-state index in [-0.39, 0.29) is 30.9 Å². The van der Waals surface area contributed by atoms with Crippen molar-refractivity contribution in [1.29, 1.82) is 0 Å². The molecule has 9 heteroatoms. The van der Waals surface area contributed by atoms with Crippen molar-refractivity contribution in [1.82, 2.24) is 9.21 Å². The summed E-state index contributed by atoms with van der Waals surface area (Å²) < 4.78 is 43.9. The van der Waals surface area contributed by atoms with Gasteiger partial charge in [-0.3, -0.25) is 4.79 Å². The van der Waals surface area contributed by atoms with Gasteiger partial charge in [0.1, 0.15) is 5.82 Å². The van der Waals surface area contributed by atoms with Gasteiger partial charge in [0.2, 0.25) is 15.9 Å². The maximum Gasteiger partial charge on any atom is 0.238 e. The Morgan fingerprint density at radius 1 is 1.22 bits per heavy atom. The van der Waals surface area contributed by atoms with E-state index in [2.05, 4.69) is 4.90 Å². The SMILES string of the molecule is CS(=O)(=O)N(CC(=O)N1CCN(c2ccc(F)cc2)CC1)CC1CCCO1. The first kappa shape index (κ1) is 20.0. The number of carbonyl (C=O) groups excluding carboxylic acids is 1. The van der Waals surface area contributed by atoms with Crippen LogP contribution in [0.25, 0.3) is 0 Å². The van der Waals surface area contributed by atoms with Crippen LogP contribution < -0.4 is 4.90 Å². The van der Waals surface area contributed by atoms with E-state index < -0.39 is 10.0 Å². The van der Waals surface area contributed by atoms with Crippen molar-refractivity contribution in [2.24, 2.45) is 0 Å². The molecule has 2 saturated heterocycles. The van der Waals surface area contributed by atoms with Crippen molar-refractivity contribution in [2.45, 2.75) is 18.9 Å². The van der Waals surface area contributed by atoms with Gasteiger partial charge in [-0.2, -0.15) is 4.31 Å². The van der Waals surface area contributed by atoms with Gasteiger partial charge >= 0.3 is 0 Å². The highest BCUT2D eigenvalue weighted by Gasteiger charge is 2.29. The van der Waals surface area contributed by atoms with Gasteiger partial charge in [-0.05, 0) is 37.1 Å². The van der Waals surface area contributed by atoms with Gasteiger partial charge in [-0.1, -0.05) is 0 Å². The first-order valence-corrected chi connectivity index (χ1v) is 11.0. The summed E-state index contributed by atoms with van der Waals surface area (Å²) in [6.45, 7) is 2.97. The molecule has 0 bridgehead atoms. The molecule has 2 heterocycles. The number of ether oxygens (including phenoxy) is 1. The molecule has 0 aliphatic carbocycles. The number of halogens is 1. The minimum atomic E-state index is -3.48. The summed E-state index contributed by atoms with van der Waals surface area (Å²) in [5, 5.41) is 0. The molecule has 0 radical (unpaired) electrons. The highest BCUT2D eigenvalue weighted by atomic mass is 32.2. The predicted molar refractivity (Wildman–Crippen MR) is 101 cm³/mol. The van der Waals surface area contributed by atoms with E-state index in [4.69, 9.17) is 4.74 Å². The summed E-state index contributed by atoms with van der Waals surface area (Å²) in [6.07, 6.45) is 2.72. The lowest BCUT2D eigenvalue weighted by molar-refractivity contribution is -0.131. The molecule has 27 heavy (non-hydrogen) atoms. The Balaban J connectivity index is 1.55. The van der Waals surface area contributed by atoms with E-state index in [0.717, 1.165) is 24.8 Å². The fraction of sp³-hybridized carbons (Fsp3) is 0.611. The van der Waals surface area contributed by atoms with Crippen molar-refractivity contribution >= 4 is 21.6 Å². The maximum atomic E-state index is 13.1. The Labute approximate surface area is 159 Å². The van der Waals surface area contributed by atoms with Crippen molar-refractivity contribution in [3.05, 3.63) is 30.1 Å². The predicted octanol–water partition coefficient (Wildman–Crippen LogP) is 0.915. The van der Waals surface area contributed by atoms with Crippen molar-refractivity contribution in [3.8, 4) is 0 Å². The van der Waals surface area contributed by atoms with Gasteiger partial charge in [0, 0.05) is 45.0 Å². The lowest BCUT2D eigenvalue weighted by Crippen LogP contribution is -2.52. The molecule has 1 atom stereocenters. The lowest BCUT2D eigenvalue weighted by Gasteiger charge is -2.37. The maximum absolute atomic E-state index is 13.1. The highest BCUT2D eigenvalue weighted by molar-refractivity contribution is 7.88. The summed E-state index contributed by atoms with van der Waals surface area (Å²) in [4.78, 5) is 16.4. The fourth-order valence-electron chi connectivity index (χ4n) is 3.45. The number of nitrogens with zero attached hydrogens (tertiary/aromatic N) is 3. The summed E-state index contributed by atoms with van der Waals surface area (Å²) in [6, 6.07) is 6.28. The summed E-state index contributed by atoms with van der Waals surface area (Å²) in [5.41, 5.74) is 0.916. The van der Waals surface area contributed by atoms with Crippen molar-refractivity contribution in [2.75, 3.05) is 57.0 Å². The molecule has 1 unspecified atom stereocenters. The molecule has 0 spiro atoms. The molecule has 7 nitrogen and oxygen atoms in total. The fourth-order valence-corrected chi connectivity index (χ4v) is 4.23. The van der Waals surface area contributed by atoms with E-state index in [0.29, 0.717) is 32.8 Å². The minimum absolute atomic E-state index is 0.136. The van der Waals surface area contributed by atoms with Crippen molar-refractivity contribution < 1.29 is 22.3 Å². The normalized spacial score (nSPS) is 21.1. The number of rotatable bonds is 6. The Morgan fingerprint density at radius 2 is 1.89 bits per heavy atom. The zero-order chi connectivity index (χ0) is 19.4. The van der Waals surface area contributed by atoms with Crippen LogP contribution in [0.15, 0.2) is 24.3 Å². The van der Waals surface area contributed by atoms with Gasteiger partial charge in [-0.15, -0.1) is 0 Å². The molecule has 1 aromatic rings. The molecule has 1 aromatic carbocycles. The third-order valence-corrected chi connectivity index (χ3v) is 6.25. The van der Waals surface area contributed by atoms with Crippen LogP contribution in [0.3, 0.4) is 0 Å². The van der Waals surface area contributed by atoms with Crippen molar-refractivity contribution in [3.63, 3.8) is 0 Å². The van der Waals surface area contributed by atoms with E-state index >= 15 is 0 Å². The topological polar surface area (TPSA) is 70.2 Å². The largest absolute Gasteiger partial charge is 0.377 e. The third-order valence-electron chi connectivity index (χ3n) is 5.04. The Hall–Kier alpha value is -1.71. The van der Waals surface area contributed by atoms with E-state index in [1.807, 2.05) is 0 Å². The standard InChI is InChI=1S/C18H26FN3O4S/c1-27(24,25)22(13-17-3-2-12-26-17)14-18(23)21-10-8-20(9-11-21)16-6-4-15(19)5-7-16/h4-7,17H,2-3,8-14H2,1H3. The highest BCUT2D eigenvalue weighted by Crippen LogP contribution is 2.18. The van der Waals surface area contributed by atoms with Crippen LogP contribution >= 0.6 is 0 Å². The van der Waals surface area contributed by atoms with Crippen LogP contribution in [-0.4, -0.2) is 81.8 Å². The molecule has 3 rings (SSSR count). The average molecular weight is 399 g/mol. The number of hydrogen-bond acceptors (Lipinski definition) is 5. The molecule has 150 valence electrons. The first-order chi connectivity index (χ1) is 12.8. The zero-order valence-corrected chi connectivity index (χ0v) is 16.3. The second-order valence-electron chi connectivity index (χ2n) is 7.03. The Kier molecular flexibility index (Phi) is 6.33. The molecule has 0 saturated carbocycles. The first-order valence-electron chi connectivity index (χ1n) is 9.18. The van der Waals surface area contributed by atoms with Gasteiger partial charge in [0.25, 0.3) is 0 Å². The van der Waals surface area contributed by atoms with Crippen LogP contribution in [0.1, 0.15) is 12.8 Å². The third kappa shape index (κ3) is 5.40. The molecular weight excluding hydrogens is 373 g/mol. The van der Waals surface area contributed by atoms with E-state index in [1.165, 1.54) is 16.4 Å². The molecule has 1 amide bonds. The van der Waals surface area contributed by atoms with Gasteiger partial charge in [0.15, 0.2) is 0 Å². The Morgan fingerprint density at radius 3 is 2.44 bits per heavy atom. The van der Waals surface area contributed by atoms with Crippen LogP contribution in [0.5, 0.6) is 0 Å². The van der Waals surface area contributed by atoms with E-state index in [9.17, 15) is 17.6 Å². The zero-order valence-electron chi connectivity index (χ0n) is 15.5. The molecular formula is C18H26FN3O4S. The summed E-state index contributed by atoms with van der Waals surface area (Å²) in [5.74, 6) is -0.475. The molecule has 2 aliphatic rings. The number of anilines is 1. The van der Waals surface area contributed by atoms with Crippen LogP contribution in [0.4, 0.5) is 10.1 Å². The van der Waals surface area contributed by atoms with E-state index in [1.54, 1.807) is 17.0 Å². The number of benzene rings is 1. The number of piperazine rings is 1. The Bertz CT molecular complexity index is 742. The molecule has 0 aromatic heterocycles. The smallest absolute Gasteiger partial charge is 0.238 e. The minimum Gasteiger partial charge on any atom is -0.377 e. The number of amides is 1. The van der Waals surface area contributed by atoms with Gasteiger partial charge in [0.05, 0.1) is 18.9 Å². The molecule has 2 fully saturated rings. The van der Waals surface area contributed by atoms with Gasteiger partial charge in [-0.25, -0.2) is 12.8 Å².